The van der Waals surface area contributed by atoms with Crippen LogP contribution in [0.4, 0.5) is 0 Å². The number of hydrogen-bond acceptors (Lipinski definition) is 4. The van der Waals surface area contributed by atoms with Gasteiger partial charge in [-0.2, -0.15) is 0 Å². The van der Waals surface area contributed by atoms with E-state index >= 15 is 0 Å². The molecule has 0 aliphatic carbocycles. The maximum absolute atomic E-state index is 12.7. The minimum absolute atomic E-state index is 0.169. The number of ketones is 1. The molecule has 0 aliphatic rings. The third kappa shape index (κ3) is 3.60. The monoisotopic (exact) mass is 320 g/mol. The third-order valence-corrected chi connectivity index (χ3v) is 3.98. The van der Waals surface area contributed by atoms with Crippen LogP contribution in [0.3, 0.4) is 0 Å². The Morgan fingerprint density at radius 3 is 2.57 bits per heavy atom. The molecule has 0 saturated carbocycles. The highest BCUT2D eigenvalue weighted by molar-refractivity contribution is 5.75. The number of nitrogens with zero attached hydrogens (tertiary/aromatic N) is 4. The van der Waals surface area contributed by atoms with E-state index in [1.807, 2.05) is 11.5 Å². The molecule has 2 aromatic rings. The van der Waals surface area contributed by atoms with Crippen molar-refractivity contribution >= 4 is 16.9 Å². The molecule has 0 saturated heterocycles. The molecule has 23 heavy (non-hydrogen) atoms. The molecule has 0 N–H and O–H groups in total. The molecule has 0 fully saturated rings. The van der Waals surface area contributed by atoms with Gasteiger partial charge in [-0.15, -0.1) is 0 Å². The lowest BCUT2D eigenvalue weighted by Crippen LogP contribution is -2.39. The lowest BCUT2D eigenvalue weighted by Gasteiger charge is -2.09. The molecule has 0 radical (unpaired) electrons. The average Bonchev–Trinajstić information content (AvgIpc) is 2.92. The number of aromatic nitrogens is 4. The van der Waals surface area contributed by atoms with Crippen LogP contribution in [0, 0.1) is 0 Å². The second-order valence-electron chi connectivity index (χ2n) is 5.92. The predicted molar refractivity (Wildman–Crippen MR) is 88.7 cm³/mol. The minimum atomic E-state index is -0.337. The quantitative estimate of drug-likeness (QED) is 0.690. The van der Waals surface area contributed by atoms with Gasteiger partial charge in [0.1, 0.15) is 5.78 Å². The van der Waals surface area contributed by atoms with Gasteiger partial charge in [-0.1, -0.05) is 13.3 Å². The standard InChI is InChI=1S/C16H24N4O3/c1-4-9-19-11-17-14-13(19)15(22)20(16(23)18(14)3)10-7-5-6-8-12(2)21/h11H,4-10H2,1-3H3. The highest BCUT2D eigenvalue weighted by Crippen LogP contribution is 2.07. The molecule has 2 heterocycles. The second-order valence-corrected chi connectivity index (χ2v) is 5.92. The first-order chi connectivity index (χ1) is 11.0. The van der Waals surface area contributed by atoms with Gasteiger partial charge in [-0.05, 0) is 26.2 Å². The van der Waals surface area contributed by atoms with Crippen LogP contribution in [-0.2, 0) is 24.9 Å². The van der Waals surface area contributed by atoms with Crippen molar-refractivity contribution in [3.8, 4) is 0 Å². The average molecular weight is 320 g/mol. The van der Waals surface area contributed by atoms with E-state index in [4.69, 9.17) is 0 Å². The van der Waals surface area contributed by atoms with E-state index in [9.17, 15) is 14.4 Å². The zero-order valence-electron chi connectivity index (χ0n) is 14.0. The Morgan fingerprint density at radius 1 is 1.17 bits per heavy atom. The summed E-state index contributed by atoms with van der Waals surface area (Å²) in [5.41, 5.74) is 0.301. The van der Waals surface area contributed by atoms with E-state index in [0.717, 1.165) is 19.3 Å². The Labute approximate surface area is 134 Å². The Bertz CT molecular complexity index is 813. The van der Waals surface area contributed by atoms with Crippen molar-refractivity contribution in [1.29, 1.82) is 0 Å². The molecule has 0 aliphatic heterocycles. The van der Waals surface area contributed by atoms with Crippen molar-refractivity contribution in [2.75, 3.05) is 0 Å². The molecule has 2 rings (SSSR count). The van der Waals surface area contributed by atoms with Gasteiger partial charge in [0.2, 0.25) is 0 Å². The zero-order valence-corrected chi connectivity index (χ0v) is 14.0. The van der Waals surface area contributed by atoms with Crippen LogP contribution in [0.2, 0.25) is 0 Å². The van der Waals surface area contributed by atoms with E-state index in [0.29, 0.717) is 37.1 Å². The van der Waals surface area contributed by atoms with Crippen molar-refractivity contribution in [2.45, 2.75) is 59.0 Å². The minimum Gasteiger partial charge on any atom is -0.325 e. The number of imidazole rings is 1. The number of Topliss-reactive ketones (excluding diaryl/α,β-unsaturated/α-hetero) is 1. The van der Waals surface area contributed by atoms with Gasteiger partial charge in [0.05, 0.1) is 6.33 Å². The van der Waals surface area contributed by atoms with E-state index in [1.54, 1.807) is 20.3 Å². The molecule has 7 heteroatoms. The maximum atomic E-state index is 12.7. The largest absolute Gasteiger partial charge is 0.332 e. The van der Waals surface area contributed by atoms with Gasteiger partial charge in [0.15, 0.2) is 11.2 Å². The molecular weight excluding hydrogens is 296 g/mol. The lowest BCUT2D eigenvalue weighted by atomic mass is 10.1. The van der Waals surface area contributed by atoms with Crippen molar-refractivity contribution in [3.05, 3.63) is 27.2 Å². The van der Waals surface area contributed by atoms with Gasteiger partial charge in [-0.3, -0.25) is 13.9 Å². The number of carbonyl (C=O) groups excluding carboxylic acids is 1. The number of aryl methyl sites for hydroxylation is 2. The molecule has 0 amide bonds. The van der Waals surface area contributed by atoms with Crippen molar-refractivity contribution in [3.63, 3.8) is 0 Å². The van der Waals surface area contributed by atoms with Gasteiger partial charge >= 0.3 is 5.69 Å². The number of unbranched alkanes of at least 4 members (excludes halogenated alkanes) is 2. The first kappa shape index (κ1) is 17.2. The number of carbonyl (C=O) groups is 1. The summed E-state index contributed by atoms with van der Waals surface area (Å²) in [7, 11) is 1.64. The Balaban J connectivity index is 2.29. The number of fused-ring (bicyclic) bond motifs is 1. The first-order valence-corrected chi connectivity index (χ1v) is 8.11. The van der Waals surface area contributed by atoms with Crippen LogP contribution in [0.1, 0.15) is 46.0 Å². The van der Waals surface area contributed by atoms with Crippen molar-refractivity contribution in [2.24, 2.45) is 7.05 Å². The van der Waals surface area contributed by atoms with Gasteiger partial charge in [0, 0.05) is 26.6 Å². The second kappa shape index (κ2) is 7.39. The summed E-state index contributed by atoms with van der Waals surface area (Å²) in [4.78, 5) is 40.2. The van der Waals surface area contributed by atoms with Crippen LogP contribution in [-0.4, -0.2) is 24.5 Å². The summed E-state index contributed by atoms with van der Waals surface area (Å²) in [5.74, 6) is 0.169. The van der Waals surface area contributed by atoms with Gasteiger partial charge < -0.3 is 9.36 Å². The van der Waals surface area contributed by atoms with Gasteiger partial charge in [0.25, 0.3) is 5.56 Å². The molecule has 0 atom stereocenters. The molecule has 0 aromatic carbocycles. The Morgan fingerprint density at radius 2 is 1.91 bits per heavy atom. The molecule has 126 valence electrons. The topological polar surface area (TPSA) is 78.9 Å². The highest BCUT2D eigenvalue weighted by Gasteiger charge is 2.15. The van der Waals surface area contributed by atoms with Crippen LogP contribution in [0.5, 0.6) is 0 Å². The summed E-state index contributed by atoms with van der Waals surface area (Å²) in [6.07, 6.45) is 5.37. The molecule has 7 nitrogen and oxygen atoms in total. The summed E-state index contributed by atoms with van der Waals surface area (Å²) in [6.45, 7) is 4.67. The lowest BCUT2D eigenvalue weighted by molar-refractivity contribution is -0.117. The molecular formula is C16H24N4O3. The van der Waals surface area contributed by atoms with E-state index in [2.05, 4.69) is 4.98 Å². The van der Waals surface area contributed by atoms with E-state index in [1.165, 1.54) is 9.13 Å². The zero-order chi connectivity index (χ0) is 17.0. The van der Waals surface area contributed by atoms with Crippen LogP contribution in [0.15, 0.2) is 15.9 Å². The molecule has 0 bridgehead atoms. The SMILES string of the molecule is CCCn1cnc2c1c(=O)n(CCCCCC(C)=O)c(=O)n2C. The summed E-state index contributed by atoms with van der Waals surface area (Å²) < 4.78 is 4.52. The molecule has 2 aromatic heterocycles. The summed E-state index contributed by atoms with van der Waals surface area (Å²) >= 11 is 0. The fourth-order valence-electron chi connectivity index (χ4n) is 2.75. The maximum Gasteiger partial charge on any atom is 0.332 e. The predicted octanol–water partition coefficient (Wildman–Crippen LogP) is 1.46. The van der Waals surface area contributed by atoms with Crippen LogP contribution < -0.4 is 11.2 Å². The van der Waals surface area contributed by atoms with Crippen LogP contribution in [0.25, 0.3) is 11.2 Å². The molecule has 0 unspecified atom stereocenters. The Kier molecular flexibility index (Phi) is 5.52. The fourth-order valence-corrected chi connectivity index (χ4v) is 2.75. The first-order valence-electron chi connectivity index (χ1n) is 8.11. The smallest absolute Gasteiger partial charge is 0.325 e. The summed E-state index contributed by atoms with van der Waals surface area (Å²) in [6, 6.07) is 0. The number of rotatable bonds is 8. The summed E-state index contributed by atoms with van der Waals surface area (Å²) in [5, 5.41) is 0. The Hall–Kier alpha value is -2.18. The van der Waals surface area contributed by atoms with Crippen molar-refractivity contribution < 1.29 is 4.79 Å². The molecule has 0 spiro atoms. The van der Waals surface area contributed by atoms with E-state index < -0.39 is 0 Å². The fraction of sp³-hybridized carbons (Fsp3) is 0.625. The number of hydrogen-bond donors (Lipinski definition) is 0. The van der Waals surface area contributed by atoms with E-state index in [-0.39, 0.29) is 17.0 Å². The normalized spacial score (nSPS) is 11.3. The van der Waals surface area contributed by atoms with Crippen LogP contribution >= 0.6 is 0 Å². The highest BCUT2D eigenvalue weighted by atomic mass is 16.2. The third-order valence-electron chi connectivity index (χ3n) is 3.98. The van der Waals surface area contributed by atoms with Gasteiger partial charge in [-0.25, -0.2) is 9.78 Å². The van der Waals surface area contributed by atoms with Crippen molar-refractivity contribution in [1.82, 2.24) is 18.7 Å².